The van der Waals surface area contributed by atoms with Crippen molar-refractivity contribution in [2.75, 3.05) is 0 Å². The van der Waals surface area contributed by atoms with Crippen LogP contribution in [-0.2, 0) is 4.79 Å². The maximum Gasteiger partial charge on any atom is 0.313 e. The summed E-state index contributed by atoms with van der Waals surface area (Å²) in [5.74, 6) is 0. The standard InChI is InChI=1S/C13H26NO/c1-7-9-12(3,4)14(11-15)13(5,6)10-8-2/h7-10H2,1-6H3. The Morgan fingerprint density at radius 3 is 1.47 bits per heavy atom. The molecule has 2 heteroatoms. The molecule has 0 aromatic rings. The van der Waals surface area contributed by atoms with Gasteiger partial charge in [-0.25, -0.2) is 0 Å². The Morgan fingerprint density at radius 2 is 1.27 bits per heavy atom. The second-order valence-electron chi connectivity index (χ2n) is 5.55. The molecule has 2 nitrogen and oxygen atoms in total. The number of nitrogens with zero attached hydrogens (tertiary/aromatic N) is 1. The van der Waals surface area contributed by atoms with E-state index in [2.05, 4.69) is 48.0 Å². The van der Waals surface area contributed by atoms with Crippen LogP contribution in [0.2, 0.25) is 0 Å². The summed E-state index contributed by atoms with van der Waals surface area (Å²) < 4.78 is 0. The topological polar surface area (TPSA) is 20.3 Å². The summed E-state index contributed by atoms with van der Waals surface area (Å²) >= 11 is 0. The highest BCUT2D eigenvalue weighted by molar-refractivity contribution is 5.51. The quantitative estimate of drug-likeness (QED) is 0.591. The maximum absolute atomic E-state index is 11.1. The van der Waals surface area contributed by atoms with Gasteiger partial charge in [-0.15, -0.1) is 0 Å². The molecule has 0 bridgehead atoms. The van der Waals surface area contributed by atoms with Crippen LogP contribution in [-0.4, -0.2) is 22.4 Å². The number of amides is 1. The minimum Gasteiger partial charge on any atom is -0.324 e. The molecule has 1 amide bonds. The molecule has 0 aliphatic rings. The molecule has 0 fully saturated rings. The van der Waals surface area contributed by atoms with E-state index < -0.39 is 0 Å². The molecule has 89 valence electrons. The smallest absolute Gasteiger partial charge is 0.313 e. The summed E-state index contributed by atoms with van der Waals surface area (Å²) in [6.07, 6.45) is 6.36. The minimum absolute atomic E-state index is 0.0881. The van der Waals surface area contributed by atoms with Gasteiger partial charge in [-0.2, -0.15) is 0 Å². The molecule has 0 aromatic carbocycles. The lowest BCUT2D eigenvalue weighted by Gasteiger charge is -2.46. The van der Waals surface area contributed by atoms with Crippen molar-refractivity contribution in [2.45, 2.75) is 78.3 Å². The zero-order chi connectivity index (χ0) is 12.1. The first-order valence-corrected chi connectivity index (χ1v) is 6.00. The molecule has 0 rings (SSSR count). The van der Waals surface area contributed by atoms with Crippen molar-refractivity contribution in [3.8, 4) is 0 Å². The Kier molecular flexibility index (Phi) is 5.33. The van der Waals surface area contributed by atoms with Gasteiger partial charge in [0.1, 0.15) is 0 Å². The highest BCUT2D eigenvalue weighted by atomic mass is 16.1. The third-order valence-electron chi connectivity index (χ3n) is 3.03. The lowest BCUT2D eigenvalue weighted by atomic mass is 9.88. The van der Waals surface area contributed by atoms with E-state index >= 15 is 0 Å². The molecule has 0 saturated heterocycles. The Balaban J connectivity index is 4.80. The number of rotatable bonds is 7. The lowest BCUT2D eigenvalue weighted by molar-refractivity contribution is 0.0768. The van der Waals surface area contributed by atoms with Crippen molar-refractivity contribution in [3.63, 3.8) is 0 Å². The largest absolute Gasteiger partial charge is 0.324 e. The lowest BCUT2D eigenvalue weighted by Crippen LogP contribution is -2.54. The zero-order valence-corrected chi connectivity index (χ0v) is 11.2. The van der Waals surface area contributed by atoms with Gasteiger partial charge in [0.2, 0.25) is 0 Å². The SMILES string of the molecule is CCCC(C)(C)N([C]=O)C(C)(C)CCC. The van der Waals surface area contributed by atoms with E-state index in [1.165, 1.54) is 0 Å². The summed E-state index contributed by atoms with van der Waals surface area (Å²) in [6.45, 7) is 12.8. The Morgan fingerprint density at radius 1 is 0.933 bits per heavy atom. The fraction of sp³-hybridized carbons (Fsp3) is 0.923. The highest BCUT2D eigenvalue weighted by Gasteiger charge is 2.36. The molecule has 0 heterocycles. The molecule has 0 unspecified atom stereocenters. The van der Waals surface area contributed by atoms with Gasteiger partial charge < -0.3 is 4.90 Å². The number of hydrogen-bond donors (Lipinski definition) is 0. The molecule has 0 aliphatic heterocycles. The maximum atomic E-state index is 11.1. The number of carbonyl (C=O) groups excluding carboxylic acids is 1. The van der Waals surface area contributed by atoms with Gasteiger partial charge in [0, 0.05) is 11.1 Å². The normalized spacial score (nSPS) is 12.7. The monoisotopic (exact) mass is 212 g/mol. The minimum atomic E-state index is -0.0881. The molecule has 0 N–H and O–H groups in total. The van der Waals surface area contributed by atoms with Crippen molar-refractivity contribution >= 4 is 6.41 Å². The van der Waals surface area contributed by atoms with Crippen LogP contribution in [0.5, 0.6) is 0 Å². The van der Waals surface area contributed by atoms with Crippen LogP contribution in [0.4, 0.5) is 0 Å². The highest BCUT2D eigenvalue weighted by Crippen LogP contribution is 2.30. The fourth-order valence-electron chi connectivity index (χ4n) is 2.51. The van der Waals surface area contributed by atoms with Crippen molar-refractivity contribution in [2.24, 2.45) is 0 Å². The molecule has 0 spiro atoms. The van der Waals surface area contributed by atoms with E-state index in [0.29, 0.717) is 0 Å². The Labute approximate surface area is 95.0 Å². The summed E-state index contributed by atoms with van der Waals surface area (Å²) in [5.41, 5.74) is -0.176. The summed E-state index contributed by atoms with van der Waals surface area (Å²) in [6, 6.07) is 0. The number of hydrogen-bond acceptors (Lipinski definition) is 1. The molecule has 15 heavy (non-hydrogen) atoms. The fourth-order valence-corrected chi connectivity index (χ4v) is 2.51. The third-order valence-corrected chi connectivity index (χ3v) is 3.03. The van der Waals surface area contributed by atoms with Gasteiger partial charge in [-0.05, 0) is 40.5 Å². The summed E-state index contributed by atoms with van der Waals surface area (Å²) in [5, 5.41) is 0. The average molecular weight is 212 g/mol. The van der Waals surface area contributed by atoms with Crippen molar-refractivity contribution in [1.82, 2.24) is 4.90 Å². The third kappa shape index (κ3) is 3.84. The first-order valence-electron chi connectivity index (χ1n) is 6.00. The average Bonchev–Trinajstić information content (AvgIpc) is 2.02. The Bertz CT molecular complexity index is 179. The van der Waals surface area contributed by atoms with Gasteiger partial charge >= 0.3 is 6.41 Å². The van der Waals surface area contributed by atoms with Gasteiger partial charge in [-0.3, -0.25) is 4.79 Å². The molecular weight excluding hydrogens is 186 g/mol. The van der Waals surface area contributed by atoms with E-state index in [1.54, 1.807) is 0 Å². The van der Waals surface area contributed by atoms with Crippen molar-refractivity contribution in [1.29, 1.82) is 0 Å². The predicted octanol–water partition coefficient (Wildman–Crippen LogP) is 3.51. The molecule has 0 aliphatic carbocycles. The van der Waals surface area contributed by atoms with Crippen LogP contribution in [0, 0.1) is 0 Å². The van der Waals surface area contributed by atoms with E-state index in [4.69, 9.17) is 0 Å². The van der Waals surface area contributed by atoms with E-state index in [9.17, 15) is 4.79 Å². The van der Waals surface area contributed by atoms with Crippen LogP contribution in [0.1, 0.15) is 67.2 Å². The van der Waals surface area contributed by atoms with Gasteiger partial charge in [0.25, 0.3) is 0 Å². The van der Waals surface area contributed by atoms with Crippen LogP contribution in [0.25, 0.3) is 0 Å². The van der Waals surface area contributed by atoms with Gasteiger partial charge in [0.05, 0.1) is 0 Å². The van der Waals surface area contributed by atoms with Crippen molar-refractivity contribution < 1.29 is 4.79 Å². The second kappa shape index (κ2) is 5.53. The van der Waals surface area contributed by atoms with Gasteiger partial charge in [-0.1, -0.05) is 26.7 Å². The summed E-state index contributed by atoms with van der Waals surface area (Å²) in [4.78, 5) is 13.0. The zero-order valence-electron chi connectivity index (χ0n) is 11.2. The molecule has 0 aromatic heterocycles. The second-order valence-corrected chi connectivity index (χ2v) is 5.55. The molecular formula is C13H26NO. The molecule has 0 saturated carbocycles. The Hall–Kier alpha value is -0.530. The van der Waals surface area contributed by atoms with E-state index in [1.807, 2.05) is 4.90 Å². The molecule has 1 radical (unpaired) electrons. The van der Waals surface area contributed by atoms with Gasteiger partial charge in [0.15, 0.2) is 0 Å². The predicted molar refractivity (Wildman–Crippen MR) is 65.5 cm³/mol. The summed E-state index contributed by atoms with van der Waals surface area (Å²) in [7, 11) is 0. The molecule has 0 atom stereocenters. The van der Waals surface area contributed by atoms with E-state index in [0.717, 1.165) is 25.7 Å². The first kappa shape index (κ1) is 14.5. The van der Waals surface area contributed by atoms with Crippen molar-refractivity contribution in [3.05, 3.63) is 0 Å². The van der Waals surface area contributed by atoms with Crippen LogP contribution in [0.3, 0.4) is 0 Å². The van der Waals surface area contributed by atoms with Crippen LogP contribution in [0.15, 0.2) is 0 Å². The van der Waals surface area contributed by atoms with Crippen LogP contribution >= 0.6 is 0 Å². The first-order chi connectivity index (χ1) is 6.81. The van der Waals surface area contributed by atoms with E-state index in [-0.39, 0.29) is 11.1 Å². The van der Waals surface area contributed by atoms with Crippen LogP contribution < -0.4 is 0 Å².